The van der Waals surface area contributed by atoms with Crippen LogP contribution >= 0.6 is 24.2 Å². The number of hydrogen-bond donors (Lipinski definition) is 1. The van der Waals surface area contributed by atoms with Gasteiger partial charge in [0.05, 0.1) is 6.04 Å². The molecule has 0 heterocycles. The molecule has 1 rings (SSSR count). The molecule has 1 amide bonds. The van der Waals surface area contributed by atoms with Crippen molar-refractivity contribution in [3.8, 4) is 0 Å². The summed E-state index contributed by atoms with van der Waals surface area (Å²) >= 11 is 2.01. The van der Waals surface area contributed by atoms with E-state index >= 15 is 0 Å². The van der Waals surface area contributed by atoms with Crippen molar-refractivity contribution in [3.05, 3.63) is 0 Å². The van der Waals surface area contributed by atoms with Gasteiger partial charge in [0, 0.05) is 18.3 Å². The van der Waals surface area contributed by atoms with E-state index in [4.69, 9.17) is 5.73 Å². The molecule has 0 aromatic carbocycles. The second-order valence-electron chi connectivity index (χ2n) is 4.28. The van der Waals surface area contributed by atoms with Gasteiger partial charge in [-0.3, -0.25) is 4.79 Å². The van der Waals surface area contributed by atoms with E-state index in [1.165, 1.54) is 12.2 Å². The molecule has 0 saturated heterocycles. The van der Waals surface area contributed by atoms with Crippen molar-refractivity contribution in [2.24, 2.45) is 5.73 Å². The summed E-state index contributed by atoms with van der Waals surface area (Å²) in [5.74, 6) is 1.24. The Kier molecular flexibility index (Phi) is 7.44. The van der Waals surface area contributed by atoms with Gasteiger partial charge in [0.1, 0.15) is 0 Å². The van der Waals surface area contributed by atoms with Gasteiger partial charge in [0.2, 0.25) is 5.91 Å². The van der Waals surface area contributed by atoms with Crippen LogP contribution in [0.2, 0.25) is 0 Å². The van der Waals surface area contributed by atoms with E-state index in [1.54, 1.807) is 6.92 Å². The maximum Gasteiger partial charge on any atom is 0.239 e. The minimum atomic E-state index is -0.368. The zero-order valence-electron chi connectivity index (χ0n) is 10.3. The molecule has 0 aromatic rings. The number of thioether (sulfide) groups is 1. The van der Waals surface area contributed by atoms with E-state index in [-0.39, 0.29) is 24.4 Å². The Labute approximate surface area is 109 Å². The van der Waals surface area contributed by atoms with E-state index in [9.17, 15) is 4.79 Å². The monoisotopic (exact) mass is 266 g/mol. The molecule has 1 saturated carbocycles. The Bertz CT molecular complexity index is 226. The molecule has 0 aliphatic heterocycles. The Morgan fingerprint density at radius 1 is 1.56 bits per heavy atom. The van der Waals surface area contributed by atoms with E-state index < -0.39 is 0 Å². The lowest BCUT2D eigenvalue weighted by Crippen LogP contribution is -2.44. The summed E-state index contributed by atoms with van der Waals surface area (Å²) in [6, 6.07) is 0.0421. The SMILES string of the molecule is CCSC1CCC(N(C)C(=O)[C@H](C)N)C1.Cl. The number of nitrogens with two attached hydrogens (primary N) is 1. The smallest absolute Gasteiger partial charge is 0.239 e. The summed E-state index contributed by atoms with van der Waals surface area (Å²) in [6.07, 6.45) is 3.50. The average Bonchev–Trinajstić information content (AvgIpc) is 2.64. The molecule has 0 aromatic heterocycles. The summed E-state index contributed by atoms with van der Waals surface area (Å²) in [7, 11) is 1.88. The average molecular weight is 267 g/mol. The summed E-state index contributed by atoms with van der Waals surface area (Å²) in [5.41, 5.74) is 5.60. The molecule has 3 nitrogen and oxygen atoms in total. The third-order valence-corrected chi connectivity index (χ3v) is 4.28. The van der Waals surface area contributed by atoms with Crippen LogP contribution in [-0.2, 0) is 4.79 Å². The first-order valence-corrected chi connectivity index (χ1v) is 6.75. The van der Waals surface area contributed by atoms with Gasteiger partial charge in [-0.2, -0.15) is 11.8 Å². The lowest BCUT2D eigenvalue weighted by molar-refractivity contribution is -0.132. The second kappa shape index (κ2) is 7.41. The van der Waals surface area contributed by atoms with Crippen molar-refractivity contribution >= 4 is 30.1 Å². The Morgan fingerprint density at radius 2 is 2.19 bits per heavy atom. The molecule has 2 N–H and O–H groups in total. The maximum atomic E-state index is 11.7. The molecule has 96 valence electrons. The summed E-state index contributed by atoms with van der Waals surface area (Å²) < 4.78 is 0. The molecule has 1 aliphatic carbocycles. The molecular weight excluding hydrogens is 244 g/mol. The van der Waals surface area contributed by atoms with Gasteiger partial charge in [0.15, 0.2) is 0 Å². The van der Waals surface area contributed by atoms with Gasteiger partial charge >= 0.3 is 0 Å². The van der Waals surface area contributed by atoms with Crippen LogP contribution in [-0.4, -0.2) is 40.9 Å². The fourth-order valence-corrected chi connectivity index (χ4v) is 3.29. The molecular formula is C11H23ClN2OS. The molecule has 0 bridgehead atoms. The van der Waals surface area contributed by atoms with Crippen LogP contribution in [0.4, 0.5) is 0 Å². The lowest BCUT2D eigenvalue weighted by atomic mass is 10.2. The highest BCUT2D eigenvalue weighted by Crippen LogP contribution is 2.32. The van der Waals surface area contributed by atoms with Crippen LogP contribution in [0, 0.1) is 0 Å². The first kappa shape index (κ1) is 16.1. The van der Waals surface area contributed by atoms with E-state index in [1.807, 2.05) is 23.7 Å². The van der Waals surface area contributed by atoms with E-state index in [0.717, 1.165) is 18.1 Å². The number of rotatable bonds is 4. The number of halogens is 1. The van der Waals surface area contributed by atoms with Crippen molar-refractivity contribution in [3.63, 3.8) is 0 Å². The number of amides is 1. The number of carbonyl (C=O) groups excluding carboxylic acids is 1. The van der Waals surface area contributed by atoms with Crippen molar-refractivity contribution in [1.29, 1.82) is 0 Å². The number of hydrogen-bond acceptors (Lipinski definition) is 3. The molecule has 0 spiro atoms. The van der Waals surface area contributed by atoms with Crippen molar-refractivity contribution in [2.45, 2.75) is 50.4 Å². The van der Waals surface area contributed by atoms with Crippen LogP contribution in [0.15, 0.2) is 0 Å². The predicted octanol–water partition coefficient (Wildman–Crippen LogP) is 1.89. The van der Waals surface area contributed by atoms with Gasteiger partial charge in [0.25, 0.3) is 0 Å². The zero-order valence-corrected chi connectivity index (χ0v) is 11.9. The van der Waals surface area contributed by atoms with Crippen molar-refractivity contribution in [2.75, 3.05) is 12.8 Å². The molecule has 16 heavy (non-hydrogen) atoms. The number of nitrogens with zero attached hydrogens (tertiary/aromatic N) is 1. The normalized spacial score (nSPS) is 26.0. The van der Waals surface area contributed by atoms with Crippen LogP contribution in [0.5, 0.6) is 0 Å². The van der Waals surface area contributed by atoms with Crippen molar-refractivity contribution in [1.82, 2.24) is 4.90 Å². The minimum Gasteiger partial charge on any atom is -0.341 e. The quantitative estimate of drug-likeness (QED) is 0.845. The third kappa shape index (κ3) is 4.15. The molecule has 5 heteroatoms. The van der Waals surface area contributed by atoms with Crippen molar-refractivity contribution < 1.29 is 4.79 Å². The maximum absolute atomic E-state index is 11.7. The Morgan fingerprint density at radius 3 is 2.69 bits per heavy atom. The predicted molar refractivity (Wildman–Crippen MR) is 73.2 cm³/mol. The third-order valence-electron chi connectivity index (χ3n) is 3.04. The highest BCUT2D eigenvalue weighted by molar-refractivity contribution is 7.99. The molecule has 1 aliphatic rings. The van der Waals surface area contributed by atoms with Crippen LogP contribution in [0.1, 0.15) is 33.1 Å². The van der Waals surface area contributed by atoms with Crippen LogP contribution in [0.3, 0.4) is 0 Å². The van der Waals surface area contributed by atoms with Gasteiger partial charge < -0.3 is 10.6 Å². The lowest BCUT2D eigenvalue weighted by Gasteiger charge is -2.26. The zero-order chi connectivity index (χ0) is 11.4. The Balaban J connectivity index is 0.00000225. The van der Waals surface area contributed by atoms with E-state index in [0.29, 0.717) is 6.04 Å². The molecule has 0 radical (unpaired) electrons. The minimum absolute atomic E-state index is 0. The molecule has 3 atom stereocenters. The number of carbonyl (C=O) groups is 1. The van der Waals surface area contributed by atoms with Gasteiger partial charge in [-0.1, -0.05) is 6.92 Å². The molecule has 1 fully saturated rings. The second-order valence-corrected chi connectivity index (χ2v) is 5.86. The van der Waals surface area contributed by atoms with Gasteiger partial charge in [-0.05, 0) is 31.9 Å². The fraction of sp³-hybridized carbons (Fsp3) is 0.909. The topological polar surface area (TPSA) is 46.3 Å². The standard InChI is InChI=1S/C11H22N2OS.ClH/c1-4-15-10-6-5-9(7-10)13(3)11(14)8(2)12;/h8-10H,4-7,12H2,1-3H3;1H/t8-,9?,10?;/m0./s1. The summed E-state index contributed by atoms with van der Waals surface area (Å²) in [5, 5.41) is 0.739. The van der Waals surface area contributed by atoms with Crippen LogP contribution < -0.4 is 5.73 Å². The van der Waals surface area contributed by atoms with E-state index in [2.05, 4.69) is 6.92 Å². The molecule has 2 unspecified atom stereocenters. The highest BCUT2D eigenvalue weighted by Gasteiger charge is 2.30. The first-order valence-electron chi connectivity index (χ1n) is 5.70. The van der Waals surface area contributed by atoms with Gasteiger partial charge in [-0.15, -0.1) is 12.4 Å². The fourth-order valence-electron chi connectivity index (χ4n) is 2.16. The summed E-state index contributed by atoms with van der Waals surface area (Å²) in [6.45, 7) is 3.95. The number of likely N-dealkylation sites (N-methyl/N-ethyl adjacent to an activating group) is 1. The highest BCUT2D eigenvalue weighted by atomic mass is 35.5. The summed E-state index contributed by atoms with van der Waals surface area (Å²) in [4.78, 5) is 13.5. The van der Waals surface area contributed by atoms with Crippen LogP contribution in [0.25, 0.3) is 0 Å². The largest absolute Gasteiger partial charge is 0.341 e. The Hall–Kier alpha value is 0.0700. The van der Waals surface area contributed by atoms with Gasteiger partial charge in [-0.25, -0.2) is 0 Å². The first-order chi connectivity index (χ1) is 7.06.